The van der Waals surface area contributed by atoms with Gasteiger partial charge in [0.25, 0.3) is 0 Å². The first-order valence-corrected chi connectivity index (χ1v) is 10.8. The molecule has 0 spiro atoms. The van der Waals surface area contributed by atoms with E-state index in [0.29, 0.717) is 0 Å². The quantitative estimate of drug-likeness (QED) is 0.279. The number of fused-ring (bicyclic) bond motifs is 3. The molecule has 0 aliphatic rings. The van der Waals surface area contributed by atoms with Crippen LogP contribution in [0.2, 0.25) is 0 Å². The Labute approximate surface area is 186 Å². The molecule has 0 N–H and O–H groups in total. The highest BCUT2D eigenvalue weighted by Gasteiger charge is 2.13. The fourth-order valence-electron chi connectivity index (χ4n) is 4.25. The largest absolute Gasteiger partial charge is 0.227 e. The zero-order valence-corrected chi connectivity index (χ0v) is 17.4. The van der Waals surface area contributed by atoms with Gasteiger partial charge in [0, 0.05) is 21.9 Å². The lowest BCUT2D eigenvalue weighted by Gasteiger charge is -2.12. The number of hydrogen-bond acceptors (Lipinski definition) is 2. The van der Waals surface area contributed by atoms with Crippen molar-refractivity contribution in [1.29, 1.82) is 0 Å². The van der Waals surface area contributed by atoms with E-state index in [2.05, 4.69) is 109 Å². The first-order chi connectivity index (χ1) is 15.9. The normalized spacial score (nSPS) is 11.1. The summed E-state index contributed by atoms with van der Waals surface area (Å²) in [4.78, 5) is 10.1. The first kappa shape index (κ1) is 18.5. The Morgan fingerprint density at radius 1 is 0.375 bits per heavy atom. The van der Waals surface area contributed by atoms with Crippen molar-refractivity contribution in [2.45, 2.75) is 0 Å². The summed E-state index contributed by atoms with van der Waals surface area (Å²) in [6.45, 7) is 0. The van der Waals surface area contributed by atoms with Crippen LogP contribution in [0.15, 0.2) is 121 Å². The number of aromatic nitrogens is 2. The van der Waals surface area contributed by atoms with E-state index in [1.54, 1.807) is 0 Å². The van der Waals surface area contributed by atoms with Crippen molar-refractivity contribution in [3.05, 3.63) is 121 Å². The van der Waals surface area contributed by atoms with Crippen LogP contribution in [-0.4, -0.2) is 9.97 Å². The third kappa shape index (κ3) is 3.23. The third-order valence-electron chi connectivity index (χ3n) is 5.89. The molecule has 5 aromatic carbocycles. The molecule has 1 aromatic heterocycles. The van der Waals surface area contributed by atoms with E-state index in [1.165, 1.54) is 16.5 Å². The van der Waals surface area contributed by atoms with E-state index < -0.39 is 0 Å². The lowest BCUT2D eigenvalue weighted by atomic mass is 10.0. The maximum Gasteiger partial charge on any atom is 0.160 e. The van der Waals surface area contributed by atoms with Crippen molar-refractivity contribution >= 4 is 21.7 Å². The van der Waals surface area contributed by atoms with Gasteiger partial charge >= 0.3 is 0 Å². The average Bonchev–Trinajstić information content (AvgIpc) is 2.89. The Bertz CT molecular complexity index is 1540. The molecule has 32 heavy (non-hydrogen) atoms. The summed E-state index contributed by atoms with van der Waals surface area (Å²) < 4.78 is 0. The summed E-state index contributed by atoms with van der Waals surface area (Å²) >= 11 is 0. The van der Waals surface area contributed by atoms with Crippen LogP contribution in [0.4, 0.5) is 0 Å². The SMILES string of the molecule is c1ccc(-c2ccc(-c3nc(-c4ccccc4)c4ccc5ccccc5c4n3)cc2)cc1. The standard InChI is InChI=1S/C30H20N2/c1-3-9-21(10-4-1)22-15-17-25(18-16-22)30-31-28(24-12-5-2-6-13-24)27-20-19-23-11-7-8-14-26(23)29(27)32-30/h1-20H. The summed E-state index contributed by atoms with van der Waals surface area (Å²) in [7, 11) is 0. The zero-order valence-electron chi connectivity index (χ0n) is 17.4. The molecule has 0 amide bonds. The lowest BCUT2D eigenvalue weighted by molar-refractivity contribution is 1.23. The molecule has 0 saturated heterocycles. The molecular weight excluding hydrogens is 388 g/mol. The molecule has 0 atom stereocenters. The summed E-state index contributed by atoms with van der Waals surface area (Å²) in [6.07, 6.45) is 0. The van der Waals surface area contributed by atoms with Crippen LogP contribution in [0.3, 0.4) is 0 Å². The van der Waals surface area contributed by atoms with E-state index in [1.807, 2.05) is 12.1 Å². The molecule has 0 aliphatic heterocycles. The van der Waals surface area contributed by atoms with Crippen molar-refractivity contribution in [3.8, 4) is 33.8 Å². The molecular formula is C30H20N2. The van der Waals surface area contributed by atoms with Gasteiger partial charge in [-0.25, -0.2) is 9.97 Å². The summed E-state index contributed by atoms with van der Waals surface area (Å²) in [5.74, 6) is 0.743. The highest BCUT2D eigenvalue weighted by molar-refractivity contribution is 6.09. The molecule has 0 saturated carbocycles. The number of benzene rings is 5. The van der Waals surface area contributed by atoms with Gasteiger partial charge < -0.3 is 0 Å². The molecule has 0 fully saturated rings. The number of rotatable bonds is 3. The predicted molar refractivity (Wildman–Crippen MR) is 133 cm³/mol. The molecule has 6 rings (SSSR count). The minimum absolute atomic E-state index is 0.743. The zero-order chi connectivity index (χ0) is 21.3. The Morgan fingerprint density at radius 3 is 1.72 bits per heavy atom. The number of nitrogens with zero attached hydrogens (tertiary/aromatic N) is 2. The second-order valence-electron chi connectivity index (χ2n) is 7.89. The van der Waals surface area contributed by atoms with E-state index >= 15 is 0 Å². The Kier molecular flexibility index (Phi) is 4.47. The van der Waals surface area contributed by atoms with E-state index in [9.17, 15) is 0 Å². The highest BCUT2D eigenvalue weighted by atomic mass is 14.9. The Hall–Kier alpha value is -4.30. The van der Waals surface area contributed by atoms with E-state index in [-0.39, 0.29) is 0 Å². The van der Waals surface area contributed by atoms with Gasteiger partial charge in [0.05, 0.1) is 11.2 Å². The molecule has 0 radical (unpaired) electrons. The lowest BCUT2D eigenvalue weighted by Crippen LogP contribution is -1.96. The van der Waals surface area contributed by atoms with Gasteiger partial charge in [0.1, 0.15) is 0 Å². The maximum atomic E-state index is 5.05. The number of hydrogen-bond donors (Lipinski definition) is 0. The van der Waals surface area contributed by atoms with Gasteiger partial charge in [0.15, 0.2) is 5.82 Å². The van der Waals surface area contributed by atoms with E-state index in [4.69, 9.17) is 9.97 Å². The van der Waals surface area contributed by atoms with Gasteiger partial charge in [-0.15, -0.1) is 0 Å². The molecule has 6 aromatic rings. The first-order valence-electron chi connectivity index (χ1n) is 10.8. The minimum atomic E-state index is 0.743. The van der Waals surface area contributed by atoms with Crippen molar-refractivity contribution < 1.29 is 0 Å². The molecule has 2 nitrogen and oxygen atoms in total. The van der Waals surface area contributed by atoms with Crippen LogP contribution in [0, 0.1) is 0 Å². The molecule has 1 heterocycles. The van der Waals surface area contributed by atoms with Crippen molar-refractivity contribution in [2.24, 2.45) is 0 Å². The second kappa shape index (κ2) is 7.75. The summed E-state index contributed by atoms with van der Waals surface area (Å²) in [6, 6.07) is 42.0. The monoisotopic (exact) mass is 408 g/mol. The van der Waals surface area contributed by atoms with Crippen molar-refractivity contribution in [2.75, 3.05) is 0 Å². The van der Waals surface area contributed by atoms with E-state index in [0.717, 1.165) is 38.9 Å². The summed E-state index contributed by atoms with van der Waals surface area (Å²) in [5, 5.41) is 3.40. The van der Waals surface area contributed by atoms with Gasteiger partial charge in [-0.05, 0) is 22.6 Å². The Balaban J connectivity index is 1.58. The van der Waals surface area contributed by atoms with Crippen LogP contribution >= 0.6 is 0 Å². The summed E-state index contributed by atoms with van der Waals surface area (Å²) in [5.41, 5.74) is 6.44. The van der Waals surface area contributed by atoms with Crippen molar-refractivity contribution in [3.63, 3.8) is 0 Å². The van der Waals surface area contributed by atoms with Crippen molar-refractivity contribution in [1.82, 2.24) is 9.97 Å². The average molecular weight is 409 g/mol. The minimum Gasteiger partial charge on any atom is -0.227 e. The molecule has 150 valence electrons. The smallest absolute Gasteiger partial charge is 0.160 e. The van der Waals surface area contributed by atoms with Crippen LogP contribution in [0.1, 0.15) is 0 Å². The van der Waals surface area contributed by atoms with Crippen LogP contribution < -0.4 is 0 Å². The molecule has 0 bridgehead atoms. The second-order valence-corrected chi connectivity index (χ2v) is 7.89. The van der Waals surface area contributed by atoms with Gasteiger partial charge in [-0.3, -0.25) is 0 Å². The van der Waals surface area contributed by atoms with Gasteiger partial charge in [0.2, 0.25) is 0 Å². The fourth-order valence-corrected chi connectivity index (χ4v) is 4.25. The Morgan fingerprint density at radius 2 is 0.969 bits per heavy atom. The van der Waals surface area contributed by atoms with Crippen LogP contribution in [0.25, 0.3) is 55.4 Å². The molecule has 0 unspecified atom stereocenters. The highest BCUT2D eigenvalue weighted by Crippen LogP contribution is 2.33. The van der Waals surface area contributed by atoms with Crippen LogP contribution in [-0.2, 0) is 0 Å². The molecule has 0 aliphatic carbocycles. The molecule has 2 heteroatoms. The fraction of sp³-hybridized carbons (Fsp3) is 0. The predicted octanol–water partition coefficient (Wildman–Crippen LogP) is 7.78. The van der Waals surface area contributed by atoms with Gasteiger partial charge in [-0.1, -0.05) is 115 Å². The maximum absolute atomic E-state index is 5.05. The van der Waals surface area contributed by atoms with Gasteiger partial charge in [-0.2, -0.15) is 0 Å². The topological polar surface area (TPSA) is 25.8 Å². The van der Waals surface area contributed by atoms with Crippen LogP contribution in [0.5, 0.6) is 0 Å². The third-order valence-corrected chi connectivity index (χ3v) is 5.89.